The zero-order valence-corrected chi connectivity index (χ0v) is 9.95. The van der Waals surface area contributed by atoms with Gasteiger partial charge in [-0.25, -0.2) is 0 Å². The maximum Gasteiger partial charge on any atom is 0.0701 e. The highest BCUT2D eigenvalue weighted by Crippen LogP contribution is 2.27. The van der Waals surface area contributed by atoms with E-state index in [0.29, 0.717) is 6.04 Å². The standard InChI is InChI=1S/C14H21NO/c1-11-6-8-13(9-7-11)15-14-5-3-2-4-12(14)10-16/h2-5,11,13,15-16H,6-10H2,1H3. The summed E-state index contributed by atoms with van der Waals surface area (Å²) < 4.78 is 0. The molecular formula is C14H21NO. The Bertz CT molecular complexity index is 329. The number of rotatable bonds is 3. The second-order valence-electron chi connectivity index (χ2n) is 4.92. The number of benzene rings is 1. The molecule has 0 saturated heterocycles. The van der Waals surface area contributed by atoms with Crippen molar-refractivity contribution in [2.24, 2.45) is 5.92 Å². The summed E-state index contributed by atoms with van der Waals surface area (Å²) >= 11 is 0. The third-order valence-electron chi connectivity index (χ3n) is 3.56. The van der Waals surface area contributed by atoms with E-state index in [0.717, 1.165) is 17.2 Å². The summed E-state index contributed by atoms with van der Waals surface area (Å²) in [7, 11) is 0. The minimum absolute atomic E-state index is 0.117. The van der Waals surface area contributed by atoms with Crippen LogP contribution in [0, 0.1) is 5.92 Å². The summed E-state index contributed by atoms with van der Waals surface area (Å²) in [5, 5.41) is 12.8. The lowest BCUT2D eigenvalue weighted by Gasteiger charge is -2.28. The first-order chi connectivity index (χ1) is 7.79. The number of hydrogen-bond donors (Lipinski definition) is 2. The number of anilines is 1. The molecule has 1 aromatic carbocycles. The second kappa shape index (κ2) is 5.35. The molecule has 0 amide bonds. The summed E-state index contributed by atoms with van der Waals surface area (Å²) in [4.78, 5) is 0. The fraction of sp³-hybridized carbons (Fsp3) is 0.571. The van der Waals surface area contributed by atoms with Gasteiger partial charge in [0.15, 0.2) is 0 Å². The Hall–Kier alpha value is -1.02. The second-order valence-corrected chi connectivity index (χ2v) is 4.92. The fourth-order valence-electron chi connectivity index (χ4n) is 2.42. The summed E-state index contributed by atoms with van der Waals surface area (Å²) in [6, 6.07) is 8.62. The first-order valence-corrected chi connectivity index (χ1v) is 6.25. The quantitative estimate of drug-likeness (QED) is 0.818. The van der Waals surface area contributed by atoms with Gasteiger partial charge in [-0.1, -0.05) is 25.1 Å². The van der Waals surface area contributed by atoms with Gasteiger partial charge in [0, 0.05) is 17.3 Å². The maximum atomic E-state index is 9.25. The van der Waals surface area contributed by atoms with E-state index in [9.17, 15) is 5.11 Å². The van der Waals surface area contributed by atoms with Crippen LogP contribution in [-0.2, 0) is 6.61 Å². The highest BCUT2D eigenvalue weighted by Gasteiger charge is 2.18. The van der Waals surface area contributed by atoms with Crippen LogP contribution in [-0.4, -0.2) is 11.1 Å². The minimum atomic E-state index is 0.117. The van der Waals surface area contributed by atoms with Crippen LogP contribution in [0.1, 0.15) is 38.2 Å². The van der Waals surface area contributed by atoms with Crippen molar-refractivity contribution in [3.8, 4) is 0 Å². The highest BCUT2D eigenvalue weighted by molar-refractivity contribution is 5.51. The number of aliphatic hydroxyl groups excluding tert-OH is 1. The van der Waals surface area contributed by atoms with Crippen LogP contribution in [0.4, 0.5) is 5.69 Å². The fourth-order valence-corrected chi connectivity index (χ4v) is 2.42. The van der Waals surface area contributed by atoms with Crippen molar-refractivity contribution in [3.63, 3.8) is 0 Å². The largest absolute Gasteiger partial charge is 0.392 e. The molecule has 0 spiro atoms. The molecule has 0 aromatic heterocycles. The molecule has 0 unspecified atom stereocenters. The van der Waals surface area contributed by atoms with Crippen molar-refractivity contribution in [2.75, 3.05) is 5.32 Å². The van der Waals surface area contributed by atoms with Crippen LogP contribution in [0.15, 0.2) is 24.3 Å². The molecule has 2 N–H and O–H groups in total. The van der Waals surface area contributed by atoms with Gasteiger partial charge in [-0.2, -0.15) is 0 Å². The van der Waals surface area contributed by atoms with Crippen LogP contribution in [0.3, 0.4) is 0 Å². The Morgan fingerprint density at radius 1 is 1.19 bits per heavy atom. The van der Waals surface area contributed by atoms with E-state index in [1.165, 1.54) is 25.7 Å². The van der Waals surface area contributed by atoms with Crippen LogP contribution in [0.5, 0.6) is 0 Å². The molecule has 1 fully saturated rings. The summed E-state index contributed by atoms with van der Waals surface area (Å²) in [6.07, 6.45) is 5.14. The first-order valence-electron chi connectivity index (χ1n) is 6.25. The predicted molar refractivity (Wildman–Crippen MR) is 67.4 cm³/mol. The number of aliphatic hydroxyl groups is 1. The van der Waals surface area contributed by atoms with Gasteiger partial charge < -0.3 is 10.4 Å². The van der Waals surface area contributed by atoms with Crippen molar-refractivity contribution in [1.29, 1.82) is 0 Å². The van der Waals surface area contributed by atoms with Gasteiger partial charge in [-0.15, -0.1) is 0 Å². The molecule has 0 atom stereocenters. The van der Waals surface area contributed by atoms with Crippen LogP contribution < -0.4 is 5.32 Å². The summed E-state index contributed by atoms with van der Waals surface area (Å²) in [6.45, 7) is 2.45. The van der Waals surface area contributed by atoms with E-state index in [2.05, 4.69) is 18.3 Å². The van der Waals surface area contributed by atoms with Crippen molar-refractivity contribution < 1.29 is 5.11 Å². The lowest BCUT2D eigenvalue weighted by atomic mass is 9.87. The van der Waals surface area contributed by atoms with Gasteiger partial charge in [0.05, 0.1) is 6.61 Å². The Morgan fingerprint density at radius 3 is 2.56 bits per heavy atom. The Labute approximate surface area is 97.7 Å². The molecule has 0 radical (unpaired) electrons. The Balaban J connectivity index is 1.98. The number of para-hydroxylation sites is 1. The van der Waals surface area contributed by atoms with E-state index in [4.69, 9.17) is 0 Å². The van der Waals surface area contributed by atoms with Gasteiger partial charge in [-0.05, 0) is 37.7 Å². The third-order valence-corrected chi connectivity index (χ3v) is 3.56. The van der Waals surface area contributed by atoms with Crippen LogP contribution in [0.2, 0.25) is 0 Å². The number of nitrogens with one attached hydrogen (secondary N) is 1. The molecule has 88 valence electrons. The SMILES string of the molecule is CC1CCC(Nc2ccccc2CO)CC1. The molecule has 0 aliphatic heterocycles. The average molecular weight is 219 g/mol. The molecule has 16 heavy (non-hydrogen) atoms. The molecule has 0 bridgehead atoms. The van der Waals surface area contributed by atoms with E-state index < -0.39 is 0 Å². The monoisotopic (exact) mass is 219 g/mol. The van der Waals surface area contributed by atoms with Crippen LogP contribution in [0.25, 0.3) is 0 Å². The van der Waals surface area contributed by atoms with Gasteiger partial charge >= 0.3 is 0 Å². The van der Waals surface area contributed by atoms with Crippen molar-refractivity contribution in [3.05, 3.63) is 29.8 Å². The topological polar surface area (TPSA) is 32.3 Å². The lowest BCUT2D eigenvalue weighted by molar-refractivity contribution is 0.282. The summed E-state index contributed by atoms with van der Waals surface area (Å²) in [5.41, 5.74) is 2.10. The Kier molecular flexibility index (Phi) is 3.83. The lowest BCUT2D eigenvalue weighted by Crippen LogP contribution is -2.25. The predicted octanol–water partition coefficient (Wildman–Crippen LogP) is 3.17. The molecule has 2 nitrogen and oxygen atoms in total. The van der Waals surface area contributed by atoms with Gasteiger partial charge in [0.25, 0.3) is 0 Å². The van der Waals surface area contributed by atoms with Crippen molar-refractivity contribution in [2.45, 2.75) is 45.3 Å². The van der Waals surface area contributed by atoms with Gasteiger partial charge in [0.2, 0.25) is 0 Å². The van der Waals surface area contributed by atoms with Crippen LogP contribution >= 0.6 is 0 Å². The highest BCUT2D eigenvalue weighted by atomic mass is 16.3. The number of hydrogen-bond acceptors (Lipinski definition) is 2. The molecule has 0 heterocycles. The summed E-state index contributed by atoms with van der Waals surface area (Å²) in [5.74, 6) is 0.881. The van der Waals surface area contributed by atoms with E-state index in [-0.39, 0.29) is 6.61 Å². The van der Waals surface area contributed by atoms with E-state index in [1.54, 1.807) is 0 Å². The van der Waals surface area contributed by atoms with Gasteiger partial charge in [0.1, 0.15) is 0 Å². The smallest absolute Gasteiger partial charge is 0.0701 e. The van der Waals surface area contributed by atoms with Crippen molar-refractivity contribution in [1.82, 2.24) is 0 Å². The molecule has 2 heteroatoms. The van der Waals surface area contributed by atoms with E-state index in [1.807, 2.05) is 18.2 Å². The Morgan fingerprint density at radius 2 is 1.88 bits per heavy atom. The average Bonchev–Trinajstić information content (AvgIpc) is 2.33. The van der Waals surface area contributed by atoms with E-state index >= 15 is 0 Å². The van der Waals surface area contributed by atoms with Gasteiger partial charge in [-0.3, -0.25) is 0 Å². The molecular weight excluding hydrogens is 198 g/mol. The maximum absolute atomic E-state index is 9.25. The normalized spacial score (nSPS) is 25.4. The minimum Gasteiger partial charge on any atom is -0.392 e. The first kappa shape index (κ1) is 11.5. The molecule has 2 rings (SSSR count). The molecule has 1 aliphatic carbocycles. The third kappa shape index (κ3) is 2.76. The van der Waals surface area contributed by atoms with Crippen molar-refractivity contribution >= 4 is 5.69 Å². The molecule has 1 aromatic rings. The zero-order chi connectivity index (χ0) is 11.4. The zero-order valence-electron chi connectivity index (χ0n) is 9.95. The molecule has 1 aliphatic rings. The molecule has 1 saturated carbocycles.